The number of nitrogens with one attached hydrogen (secondary N) is 1. The Morgan fingerprint density at radius 3 is 2.72 bits per heavy atom. The maximum Gasteiger partial charge on any atom is 0.316 e. The van der Waals surface area contributed by atoms with Gasteiger partial charge in [0.05, 0.1) is 5.69 Å². The minimum Gasteiger partial charge on any atom is -0.455 e. The molecule has 0 unspecified atom stereocenters. The van der Waals surface area contributed by atoms with E-state index in [0.29, 0.717) is 16.3 Å². The summed E-state index contributed by atoms with van der Waals surface area (Å²) in [7, 11) is 0. The Kier molecular flexibility index (Phi) is 5.30. The van der Waals surface area contributed by atoms with Gasteiger partial charge in [0, 0.05) is 0 Å². The van der Waals surface area contributed by atoms with E-state index < -0.39 is 24.3 Å². The van der Waals surface area contributed by atoms with Gasteiger partial charge in [0.1, 0.15) is 17.1 Å². The maximum absolute atomic E-state index is 13.4. The van der Waals surface area contributed by atoms with Gasteiger partial charge in [0.25, 0.3) is 11.1 Å². The first-order chi connectivity index (χ1) is 12.1. The summed E-state index contributed by atoms with van der Waals surface area (Å²) in [4.78, 5) is 27.6. The Morgan fingerprint density at radius 2 is 1.92 bits per heavy atom. The number of para-hydroxylation sites is 3. The highest BCUT2D eigenvalue weighted by Gasteiger charge is 2.12. The molecule has 0 aliphatic rings. The molecule has 0 aliphatic carbocycles. The zero-order valence-electron chi connectivity index (χ0n) is 12.9. The van der Waals surface area contributed by atoms with Crippen molar-refractivity contribution in [2.75, 3.05) is 17.7 Å². The van der Waals surface area contributed by atoms with E-state index in [1.165, 1.54) is 18.2 Å². The number of rotatable bonds is 6. The number of esters is 1. The quantitative estimate of drug-likeness (QED) is 0.537. The Morgan fingerprint density at radius 1 is 1.16 bits per heavy atom. The van der Waals surface area contributed by atoms with Crippen LogP contribution in [0.25, 0.3) is 11.1 Å². The first-order valence-electron chi connectivity index (χ1n) is 7.30. The molecular formula is C17H13FN2O4S. The highest BCUT2D eigenvalue weighted by molar-refractivity contribution is 7.99. The van der Waals surface area contributed by atoms with Gasteiger partial charge in [0.2, 0.25) is 0 Å². The van der Waals surface area contributed by atoms with Crippen LogP contribution in [-0.2, 0) is 14.3 Å². The van der Waals surface area contributed by atoms with Gasteiger partial charge in [0.15, 0.2) is 12.2 Å². The summed E-state index contributed by atoms with van der Waals surface area (Å²) < 4.78 is 23.7. The van der Waals surface area contributed by atoms with Crippen LogP contribution in [-0.4, -0.2) is 29.2 Å². The minimum atomic E-state index is -0.620. The predicted molar refractivity (Wildman–Crippen MR) is 90.7 cm³/mol. The largest absolute Gasteiger partial charge is 0.455 e. The second-order valence-electron chi connectivity index (χ2n) is 4.92. The fourth-order valence-electron chi connectivity index (χ4n) is 1.97. The molecule has 0 fully saturated rings. The molecule has 25 heavy (non-hydrogen) atoms. The van der Waals surface area contributed by atoms with Gasteiger partial charge in [-0.25, -0.2) is 9.37 Å². The SMILES string of the molecule is O=C(COC(=O)CSc1nc2ccccc2o1)Nc1ccccc1F. The van der Waals surface area contributed by atoms with Gasteiger partial charge >= 0.3 is 5.97 Å². The summed E-state index contributed by atoms with van der Waals surface area (Å²) in [6.07, 6.45) is 0. The zero-order valence-corrected chi connectivity index (χ0v) is 13.7. The standard InChI is InChI=1S/C17H13FN2O4S/c18-11-5-1-2-6-12(11)19-15(21)9-23-16(22)10-25-17-20-13-7-3-4-8-14(13)24-17/h1-8H,9-10H2,(H,19,21). The molecule has 0 saturated heterocycles. The van der Waals surface area contributed by atoms with Gasteiger partial charge in [-0.15, -0.1) is 0 Å². The van der Waals surface area contributed by atoms with Gasteiger partial charge in [-0.2, -0.15) is 0 Å². The van der Waals surface area contributed by atoms with Crippen LogP contribution < -0.4 is 5.32 Å². The molecule has 128 valence electrons. The lowest BCUT2D eigenvalue weighted by Crippen LogP contribution is -2.22. The lowest BCUT2D eigenvalue weighted by atomic mass is 10.3. The lowest BCUT2D eigenvalue weighted by molar-refractivity contribution is -0.144. The second-order valence-corrected chi connectivity index (χ2v) is 5.85. The van der Waals surface area contributed by atoms with E-state index in [1.807, 2.05) is 12.1 Å². The van der Waals surface area contributed by atoms with Crippen LogP contribution in [0.2, 0.25) is 0 Å². The summed E-state index contributed by atoms with van der Waals surface area (Å²) in [5, 5.41) is 2.67. The number of hydrogen-bond donors (Lipinski definition) is 1. The fourth-order valence-corrected chi connectivity index (χ4v) is 2.61. The van der Waals surface area contributed by atoms with Gasteiger partial charge in [-0.3, -0.25) is 9.59 Å². The molecule has 1 N–H and O–H groups in total. The maximum atomic E-state index is 13.4. The summed E-state index contributed by atoms with van der Waals surface area (Å²) >= 11 is 1.07. The number of ether oxygens (including phenoxy) is 1. The Hall–Kier alpha value is -2.87. The monoisotopic (exact) mass is 360 g/mol. The number of fused-ring (bicyclic) bond motifs is 1. The molecule has 0 spiro atoms. The van der Waals surface area contributed by atoms with Gasteiger partial charge < -0.3 is 14.5 Å². The lowest BCUT2D eigenvalue weighted by Gasteiger charge is -2.06. The highest BCUT2D eigenvalue weighted by atomic mass is 32.2. The number of halogens is 1. The minimum absolute atomic E-state index is 0.0319. The molecular weight excluding hydrogens is 347 g/mol. The number of thioether (sulfide) groups is 1. The topological polar surface area (TPSA) is 81.4 Å². The Bertz CT molecular complexity index is 879. The Labute approximate surface area is 146 Å². The average molecular weight is 360 g/mol. The van der Waals surface area contributed by atoms with Crippen LogP contribution in [0.4, 0.5) is 10.1 Å². The molecule has 1 aromatic heterocycles. The Balaban J connectivity index is 1.44. The van der Waals surface area contributed by atoms with E-state index >= 15 is 0 Å². The number of anilines is 1. The smallest absolute Gasteiger partial charge is 0.316 e. The first kappa shape index (κ1) is 17.0. The third-order valence-corrected chi connectivity index (χ3v) is 3.90. The molecule has 1 heterocycles. The van der Waals surface area contributed by atoms with Crippen molar-refractivity contribution in [3.8, 4) is 0 Å². The van der Waals surface area contributed by atoms with E-state index in [2.05, 4.69) is 10.3 Å². The number of carbonyl (C=O) groups excluding carboxylic acids is 2. The number of aromatic nitrogens is 1. The van der Waals surface area contributed by atoms with Crippen molar-refractivity contribution in [2.24, 2.45) is 0 Å². The summed E-state index contributed by atoms with van der Waals surface area (Å²) in [5.74, 6) is -1.84. The number of carbonyl (C=O) groups is 2. The first-order valence-corrected chi connectivity index (χ1v) is 8.29. The second kappa shape index (κ2) is 7.80. The zero-order chi connectivity index (χ0) is 17.6. The van der Waals surface area contributed by atoms with Crippen molar-refractivity contribution in [1.82, 2.24) is 4.98 Å². The van der Waals surface area contributed by atoms with Gasteiger partial charge in [-0.1, -0.05) is 36.0 Å². The molecule has 8 heteroatoms. The molecule has 0 bridgehead atoms. The van der Waals surface area contributed by atoms with E-state index in [9.17, 15) is 14.0 Å². The molecule has 1 amide bonds. The summed E-state index contributed by atoms with van der Waals surface area (Å²) in [6, 6.07) is 13.0. The van der Waals surface area contributed by atoms with Crippen LogP contribution >= 0.6 is 11.8 Å². The van der Waals surface area contributed by atoms with Crippen LogP contribution in [0, 0.1) is 5.82 Å². The van der Waals surface area contributed by atoms with Crippen molar-refractivity contribution >= 4 is 40.4 Å². The van der Waals surface area contributed by atoms with Crippen molar-refractivity contribution < 1.29 is 23.1 Å². The third kappa shape index (κ3) is 4.57. The summed E-state index contributed by atoms with van der Waals surface area (Å²) in [6.45, 7) is -0.499. The molecule has 0 atom stereocenters. The number of hydrogen-bond acceptors (Lipinski definition) is 6. The van der Waals surface area contributed by atoms with Crippen molar-refractivity contribution in [3.05, 3.63) is 54.3 Å². The molecule has 6 nitrogen and oxygen atoms in total. The highest BCUT2D eigenvalue weighted by Crippen LogP contribution is 2.23. The van der Waals surface area contributed by atoms with Crippen LogP contribution in [0.1, 0.15) is 0 Å². The predicted octanol–water partition coefficient (Wildman–Crippen LogP) is 3.24. The normalized spacial score (nSPS) is 10.6. The van der Waals surface area contributed by atoms with E-state index in [1.54, 1.807) is 18.2 Å². The van der Waals surface area contributed by atoms with Crippen molar-refractivity contribution in [2.45, 2.75) is 5.22 Å². The molecule has 0 radical (unpaired) electrons. The summed E-state index contributed by atoms with van der Waals surface area (Å²) in [5.41, 5.74) is 1.36. The van der Waals surface area contributed by atoms with Crippen molar-refractivity contribution in [3.63, 3.8) is 0 Å². The third-order valence-electron chi connectivity index (χ3n) is 3.10. The van der Waals surface area contributed by atoms with Crippen LogP contribution in [0.5, 0.6) is 0 Å². The van der Waals surface area contributed by atoms with Crippen LogP contribution in [0.3, 0.4) is 0 Å². The van der Waals surface area contributed by atoms with Crippen LogP contribution in [0.15, 0.2) is 58.2 Å². The molecule has 3 aromatic rings. The number of amides is 1. The number of oxazole rings is 1. The van der Waals surface area contributed by atoms with E-state index in [0.717, 1.165) is 11.8 Å². The van der Waals surface area contributed by atoms with Crippen molar-refractivity contribution in [1.29, 1.82) is 0 Å². The van der Waals surface area contributed by atoms with E-state index in [4.69, 9.17) is 9.15 Å². The number of nitrogens with zero attached hydrogens (tertiary/aromatic N) is 1. The average Bonchev–Trinajstić information content (AvgIpc) is 3.03. The number of benzene rings is 2. The van der Waals surface area contributed by atoms with E-state index in [-0.39, 0.29) is 11.4 Å². The molecule has 2 aromatic carbocycles. The molecule has 0 aliphatic heterocycles. The molecule has 3 rings (SSSR count). The fraction of sp³-hybridized carbons (Fsp3) is 0.118. The van der Waals surface area contributed by atoms with Gasteiger partial charge in [-0.05, 0) is 24.3 Å². The molecule has 0 saturated carbocycles.